The van der Waals surface area contributed by atoms with Crippen LogP contribution in [-0.4, -0.2) is 18.2 Å². The van der Waals surface area contributed by atoms with E-state index in [-0.39, 0.29) is 6.10 Å². The minimum absolute atomic E-state index is 0.377. The van der Waals surface area contributed by atoms with E-state index in [1.54, 1.807) is 0 Å². The highest BCUT2D eigenvalue weighted by molar-refractivity contribution is 5.47. The van der Waals surface area contributed by atoms with Gasteiger partial charge in [0.1, 0.15) is 0 Å². The van der Waals surface area contributed by atoms with Crippen LogP contribution in [0.25, 0.3) is 0 Å². The molecule has 17 heavy (non-hydrogen) atoms. The lowest BCUT2D eigenvalue weighted by Crippen LogP contribution is -2.23. The quantitative estimate of drug-likeness (QED) is 0.820. The normalized spacial score (nSPS) is 11.9. The van der Waals surface area contributed by atoms with Gasteiger partial charge in [-0.3, -0.25) is 0 Å². The summed E-state index contributed by atoms with van der Waals surface area (Å²) < 4.78 is 0. The topological polar surface area (TPSA) is 47.3 Å². The fraction of sp³-hybridized carbons (Fsp3) is 0.500. The highest BCUT2D eigenvalue weighted by Gasteiger charge is 2.07. The molecule has 0 saturated heterocycles. The van der Waals surface area contributed by atoms with E-state index in [0.717, 1.165) is 30.8 Å². The maximum atomic E-state index is 9.70. The Morgan fingerprint density at radius 2 is 1.94 bits per heavy atom. The first-order valence-electron chi connectivity index (χ1n) is 6.12. The molecular formula is C14H20N2O. The van der Waals surface area contributed by atoms with Gasteiger partial charge in [0.25, 0.3) is 0 Å². The summed E-state index contributed by atoms with van der Waals surface area (Å²) in [4.78, 5) is 2.16. The summed E-state index contributed by atoms with van der Waals surface area (Å²) >= 11 is 0. The first-order valence-corrected chi connectivity index (χ1v) is 6.12. The summed E-state index contributed by atoms with van der Waals surface area (Å²) in [5.41, 5.74) is 2.06. The molecule has 0 spiro atoms. The van der Waals surface area contributed by atoms with Gasteiger partial charge in [0, 0.05) is 18.8 Å². The first kappa shape index (κ1) is 13.5. The number of benzene rings is 1. The third-order valence-electron chi connectivity index (χ3n) is 2.90. The third kappa shape index (κ3) is 3.76. The van der Waals surface area contributed by atoms with Crippen molar-refractivity contribution in [2.24, 2.45) is 0 Å². The number of hydrogen-bond donors (Lipinski definition) is 1. The average Bonchev–Trinajstić information content (AvgIpc) is 2.39. The molecule has 1 rings (SSSR count). The predicted molar refractivity (Wildman–Crippen MR) is 69.8 cm³/mol. The molecule has 1 aromatic rings. The molecule has 0 heterocycles. The van der Waals surface area contributed by atoms with Gasteiger partial charge in [0.15, 0.2) is 0 Å². The lowest BCUT2D eigenvalue weighted by molar-refractivity contribution is 0.173. The highest BCUT2D eigenvalue weighted by Crippen LogP contribution is 2.21. The van der Waals surface area contributed by atoms with Crippen LogP contribution < -0.4 is 4.90 Å². The number of rotatable bonds is 6. The summed E-state index contributed by atoms with van der Waals surface area (Å²) in [6, 6.07) is 10.1. The number of aliphatic hydroxyl groups excluding tert-OH is 1. The van der Waals surface area contributed by atoms with E-state index in [1.807, 2.05) is 31.2 Å². The van der Waals surface area contributed by atoms with Crippen molar-refractivity contribution in [1.82, 2.24) is 0 Å². The number of nitrogens with zero attached hydrogens (tertiary/aromatic N) is 2. The Kier molecular flexibility index (Phi) is 5.51. The Balaban J connectivity index is 2.74. The molecule has 0 aliphatic carbocycles. The summed E-state index contributed by atoms with van der Waals surface area (Å²) in [5.74, 6) is 0. The van der Waals surface area contributed by atoms with Crippen LogP contribution in [0.3, 0.4) is 0 Å². The van der Waals surface area contributed by atoms with Gasteiger partial charge in [0.2, 0.25) is 0 Å². The molecule has 3 nitrogen and oxygen atoms in total. The van der Waals surface area contributed by atoms with E-state index < -0.39 is 0 Å². The summed E-state index contributed by atoms with van der Waals surface area (Å²) in [6.45, 7) is 5.68. The Bertz CT molecular complexity index is 367. The first-order chi connectivity index (χ1) is 8.22. The van der Waals surface area contributed by atoms with Crippen molar-refractivity contribution in [2.75, 3.05) is 18.0 Å². The number of anilines is 1. The molecule has 0 unspecified atom stereocenters. The molecule has 0 fully saturated rings. The van der Waals surface area contributed by atoms with Gasteiger partial charge in [-0.15, -0.1) is 0 Å². The average molecular weight is 232 g/mol. The molecule has 1 atom stereocenters. The molecule has 0 saturated carbocycles. The third-order valence-corrected chi connectivity index (χ3v) is 2.90. The minimum Gasteiger partial charge on any atom is -0.388 e. The highest BCUT2D eigenvalue weighted by atomic mass is 16.3. The van der Waals surface area contributed by atoms with Crippen molar-refractivity contribution in [3.05, 3.63) is 29.8 Å². The fourth-order valence-corrected chi connectivity index (χ4v) is 1.80. The molecule has 1 aromatic carbocycles. The Labute approximate surface area is 103 Å². The standard InChI is InChI=1S/C14H20N2O/c1-3-14(17)12-6-8-13(9-7-12)16(4-2)11-5-10-15/h6-9,14,17H,3-5,11H2,1-2H3/t14-/m0/s1. The van der Waals surface area contributed by atoms with Crippen LogP contribution in [0.2, 0.25) is 0 Å². The second kappa shape index (κ2) is 6.93. The van der Waals surface area contributed by atoms with Crippen LogP contribution in [0.5, 0.6) is 0 Å². The van der Waals surface area contributed by atoms with Crippen LogP contribution >= 0.6 is 0 Å². The van der Waals surface area contributed by atoms with Crippen LogP contribution in [0, 0.1) is 11.3 Å². The van der Waals surface area contributed by atoms with Crippen molar-refractivity contribution in [3.63, 3.8) is 0 Å². The maximum absolute atomic E-state index is 9.70. The van der Waals surface area contributed by atoms with Gasteiger partial charge in [-0.05, 0) is 31.0 Å². The lowest BCUT2D eigenvalue weighted by atomic mass is 10.1. The second-order valence-electron chi connectivity index (χ2n) is 4.00. The van der Waals surface area contributed by atoms with E-state index in [2.05, 4.69) is 17.9 Å². The van der Waals surface area contributed by atoms with Gasteiger partial charge in [-0.1, -0.05) is 19.1 Å². The monoisotopic (exact) mass is 232 g/mol. The van der Waals surface area contributed by atoms with E-state index in [9.17, 15) is 5.11 Å². The van der Waals surface area contributed by atoms with Crippen molar-refractivity contribution in [1.29, 1.82) is 5.26 Å². The zero-order valence-corrected chi connectivity index (χ0v) is 10.6. The summed E-state index contributed by atoms with van der Waals surface area (Å²) in [6.07, 6.45) is 0.886. The molecule has 92 valence electrons. The van der Waals surface area contributed by atoms with Crippen molar-refractivity contribution >= 4 is 5.69 Å². The molecule has 0 amide bonds. The molecule has 0 aromatic heterocycles. The predicted octanol–water partition coefficient (Wildman–Crippen LogP) is 2.87. The van der Waals surface area contributed by atoms with E-state index in [0.29, 0.717) is 6.42 Å². The summed E-state index contributed by atoms with van der Waals surface area (Å²) in [7, 11) is 0. The molecule has 0 aliphatic heterocycles. The number of hydrogen-bond acceptors (Lipinski definition) is 3. The van der Waals surface area contributed by atoms with Gasteiger partial charge in [0.05, 0.1) is 18.6 Å². The van der Waals surface area contributed by atoms with Gasteiger partial charge in [-0.25, -0.2) is 0 Å². The van der Waals surface area contributed by atoms with Crippen LogP contribution in [0.4, 0.5) is 5.69 Å². The van der Waals surface area contributed by atoms with Crippen molar-refractivity contribution in [3.8, 4) is 6.07 Å². The molecule has 1 N–H and O–H groups in total. The molecule has 0 aliphatic rings. The second-order valence-corrected chi connectivity index (χ2v) is 4.00. The smallest absolute Gasteiger partial charge is 0.0787 e. The van der Waals surface area contributed by atoms with E-state index in [1.165, 1.54) is 0 Å². The van der Waals surface area contributed by atoms with Gasteiger partial charge >= 0.3 is 0 Å². The molecule has 3 heteroatoms. The molecular weight excluding hydrogens is 212 g/mol. The fourth-order valence-electron chi connectivity index (χ4n) is 1.80. The Morgan fingerprint density at radius 3 is 2.41 bits per heavy atom. The molecule has 0 radical (unpaired) electrons. The van der Waals surface area contributed by atoms with Crippen LogP contribution in [0.15, 0.2) is 24.3 Å². The maximum Gasteiger partial charge on any atom is 0.0787 e. The minimum atomic E-state index is -0.377. The van der Waals surface area contributed by atoms with E-state index >= 15 is 0 Å². The van der Waals surface area contributed by atoms with Crippen LogP contribution in [-0.2, 0) is 0 Å². The zero-order chi connectivity index (χ0) is 12.7. The van der Waals surface area contributed by atoms with Gasteiger partial charge < -0.3 is 10.0 Å². The van der Waals surface area contributed by atoms with E-state index in [4.69, 9.17) is 5.26 Å². The number of aliphatic hydroxyl groups is 1. The zero-order valence-electron chi connectivity index (χ0n) is 10.6. The Morgan fingerprint density at radius 1 is 1.29 bits per heavy atom. The van der Waals surface area contributed by atoms with Crippen molar-refractivity contribution in [2.45, 2.75) is 32.8 Å². The van der Waals surface area contributed by atoms with Crippen molar-refractivity contribution < 1.29 is 5.11 Å². The SMILES string of the molecule is CC[C@H](O)c1ccc(N(CC)CCC#N)cc1. The lowest BCUT2D eigenvalue weighted by Gasteiger charge is -2.22. The van der Waals surface area contributed by atoms with Crippen LogP contribution in [0.1, 0.15) is 38.4 Å². The summed E-state index contributed by atoms with van der Waals surface area (Å²) in [5, 5.41) is 18.3. The molecule has 0 bridgehead atoms. The largest absolute Gasteiger partial charge is 0.388 e. The Hall–Kier alpha value is -1.53. The van der Waals surface area contributed by atoms with Gasteiger partial charge in [-0.2, -0.15) is 5.26 Å². The number of nitriles is 1.